The van der Waals surface area contributed by atoms with Gasteiger partial charge in [0.15, 0.2) is 17.3 Å². The van der Waals surface area contributed by atoms with Gasteiger partial charge in [-0.15, -0.1) is 11.3 Å². The van der Waals surface area contributed by atoms with Crippen LogP contribution in [0.5, 0.6) is 11.5 Å². The Balaban J connectivity index is 1.42. The highest BCUT2D eigenvalue weighted by Gasteiger charge is 2.32. The number of anilines is 1. The number of amides is 1. The van der Waals surface area contributed by atoms with Crippen LogP contribution in [0.15, 0.2) is 71.0 Å². The molecule has 1 unspecified atom stereocenters. The second-order valence-corrected chi connectivity index (χ2v) is 11.1. The van der Waals surface area contributed by atoms with E-state index in [4.69, 9.17) is 10.5 Å². The molecule has 1 amide bonds. The van der Waals surface area contributed by atoms with E-state index in [9.17, 15) is 9.59 Å². The zero-order valence-electron chi connectivity index (χ0n) is 20.9. The fourth-order valence-corrected chi connectivity index (χ4v) is 6.30. The van der Waals surface area contributed by atoms with Gasteiger partial charge in [-0.25, -0.2) is 4.39 Å². The number of aromatic nitrogens is 1. The maximum atomic E-state index is 15.8. The Morgan fingerprint density at radius 2 is 1.97 bits per heavy atom. The van der Waals surface area contributed by atoms with E-state index in [1.54, 1.807) is 22.1 Å². The number of carbonyl (C=O) groups is 1. The van der Waals surface area contributed by atoms with Gasteiger partial charge in [0.2, 0.25) is 5.43 Å². The first kappa shape index (κ1) is 23.9. The Morgan fingerprint density at radius 3 is 2.72 bits per heavy atom. The molecule has 7 rings (SSSR count). The fourth-order valence-electron chi connectivity index (χ4n) is 5.59. The lowest BCUT2D eigenvalue weighted by molar-refractivity contribution is 0.0952. The van der Waals surface area contributed by atoms with Crippen molar-refractivity contribution in [3.63, 3.8) is 0 Å². The Bertz CT molecular complexity index is 1830. The minimum absolute atomic E-state index is 0.0454. The van der Waals surface area contributed by atoms with E-state index in [-0.39, 0.29) is 28.4 Å². The topological polar surface area (TPSA) is 89.6 Å². The highest BCUT2D eigenvalue weighted by atomic mass is 32.1. The monoisotopic (exact) mass is 540 g/mol. The largest absolute Gasteiger partial charge is 0.451 e. The second-order valence-electron chi connectivity index (χ2n) is 10.0. The van der Waals surface area contributed by atoms with Crippen molar-refractivity contribution in [1.82, 2.24) is 9.88 Å². The number of hydrogen-bond donors (Lipinski definition) is 2. The first-order valence-electron chi connectivity index (χ1n) is 12.9. The van der Waals surface area contributed by atoms with Gasteiger partial charge in [-0.1, -0.05) is 30.3 Å². The lowest BCUT2D eigenvalue weighted by Crippen LogP contribution is -2.32. The molecule has 196 valence electrons. The van der Waals surface area contributed by atoms with Gasteiger partial charge in [-0.05, 0) is 53.3 Å². The van der Waals surface area contributed by atoms with Crippen LogP contribution < -0.4 is 26.1 Å². The van der Waals surface area contributed by atoms with Gasteiger partial charge in [0, 0.05) is 36.8 Å². The summed E-state index contributed by atoms with van der Waals surface area (Å²) >= 11 is 1.61. The standard InChI is InChI=1S/C30H25FN4O3S/c31-23-14-21-26-29(27(23)34-10-8-19(32)15-34)38-25-13-18-5-2-1-4-17(18)12-24(25)35(26)16-22(28(21)36)30(37)33-9-7-20-6-3-11-39-20/h1-6,11-14,16,19H,7-10,15,32H2,(H,33,37). The van der Waals surface area contributed by atoms with E-state index in [1.165, 1.54) is 6.07 Å². The molecule has 0 radical (unpaired) electrons. The molecule has 0 bridgehead atoms. The summed E-state index contributed by atoms with van der Waals surface area (Å²) < 4.78 is 24.0. The third-order valence-electron chi connectivity index (χ3n) is 7.49. The van der Waals surface area contributed by atoms with Crippen LogP contribution in [-0.4, -0.2) is 36.2 Å². The molecule has 1 atom stereocenters. The van der Waals surface area contributed by atoms with Crippen LogP contribution in [0.2, 0.25) is 0 Å². The number of benzene rings is 3. The molecule has 2 aromatic heterocycles. The summed E-state index contributed by atoms with van der Waals surface area (Å²) in [6.45, 7) is 1.45. The van der Waals surface area contributed by atoms with Crippen molar-refractivity contribution in [3.8, 4) is 17.2 Å². The number of carbonyl (C=O) groups excluding carboxylic acids is 1. The van der Waals surface area contributed by atoms with Crippen LogP contribution in [0, 0.1) is 5.82 Å². The SMILES string of the molecule is NC1CCN(c2c(F)cc3c(=O)c(C(=O)NCCc4cccs4)cn4c3c2Oc2cc3ccccc3cc2-4)C1. The van der Waals surface area contributed by atoms with Crippen LogP contribution in [0.1, 0.15) is 21.7 Å². The number of nitrogens with zero attached hydrogens (tertiary/aromatic N) is 2. The number of nitrogens with one attached hydrogen (secondary N) is 1. The molecule has 1 saturated heterocycles. The van der Waals surface area contributed by atoms with Crippen molar-refractivity contribution in [2.75, 3.05) is 24.5 Å². The second kappa shape index (κ2) is 9.21. The van der Waals surface area contributed by atoms with E-state index in [0.717, 1.165) is 22.1 Å². The number of thiophene rings is 1. The third-order valence-corrected chi connectivity index (χ3v) is 8.43. The number of nitrogens with two attached hydrogens (primary N) is 1. The Hall–Kier alpha value is -4.21. The average molecular weight is 541 g/mol. The van der Waals surface area contributed by atoms with E-state index < -0.39 is 17.2 Å². The number of fused-ring (bicyclic) bond motifs is 3. The summed E-state index contributed by atoms with van der Waals surface area (Å²) in [7, 11) is 0. The van der Waals surface area contributed by atoms with Gasteiger partial charge in [-0.2, -0.15) is 0 Å². The quantitative estimate of drug-likeness (QED) is 0.323. The average Bonchev–Trinajstić information content (AvgIpc) is 3.60. The number of hydrogen-bond acceptors (Lipinski definition) is 6. The maximum Gasteiger partial charge on any atom is 0.256 e. The predicted molar refractivity (Wildman–Crippen MR) is 152 cm³/mol. The summed E-state index contributed by atoms with van der Waals surface area (Å²) in [4.78, 5) is 29.9. The fraction of sp³-hybridized carbons (Fsp3) is 0.200. The predicted octanol–water partition coefficient (Wildman–Crippen LogP) is 4.96. The normalized spacial score (nSPS) is 15.9. The molecule has 0 spiro atoms. The van der Waals surface area contributed by atoms with E-state index in [0.29, 0.717) is 43.0 Å². The number of ether oxygens (including phenoxy) is 1. The molecular weight excluding hydrogens is 515 g/mol. The first-order chi connectivity index (χ1) is 19.0. The summed E-state index contributed by atoms with van der Waals surface area (Å²) in [5, 5.41) is 6.88. The molecule has 3 N–H and O–H groups in total. The molecule has 5 aromatic rings. The van der Waals surface area contributed by atoms with Crippen molar-refractivity contribution in [2.45, 2.75) is 18.9 Å². The molecule has 4 heterocycles. The van der Waals surface area contributed by atoms with E-state index in [1.807, 2.05) is 58.8 Å². The minimum atomic E-state index is -0.574. The number of pyridine rings is 1. The van der Waals surface area contributed by atoms with Crippen molar-refractivity contribution >= 4 is 44.6 Å². The Labute approximate surface area is 227 Å². The Morgan fingerprint density at radius 1 is 1.15 bits per heavy atom. The lowest BCUT2D eigenvalue weighted by Gasteiger charge is -2.29. The van der Waals surface area contributed by atoms with Crippen molar-refractivity contribution in [2.24, 2.45) is 5.73 Å². The number of rotatable bonds is 5. The molecule has 2 aliphatic rings. The van der Waals surface area contributed by atoms with Crippen molar-refractivity contribution < 1.29 is 13.9 Å². The highest BCUT2D eigenvalue weighted by molar-refractivity contribution is 7.09. The molecule has 39 heavy (non-hydrogen) atoms. The van der Waals surface area contributed by atoms with Crippen molar-refractivity contribution in [3.05, 3.63) is 92.7 Å². The van der Waals surface area contributed by atoms with Crippen molar-refractivity contribution in [1.29, 1.82) is 0 Å². The zero-order chi connectivity index (χ0) is 26.7. The van der Waals surface area contributed by atoms with Crippen LogP contribution in [-0.2, 0) is 6.42 Å². The summed E-state index contributed by atoms with van der Waals surface area (Å²) in [5.41, 5.74) is 6.97. The third kappa shape index (κ3) is 3.97. The summed E-state index contributed by atoms with van der Waals surface area (Å²) in [6, 6.07) is 16.8. The van der Waals surface area contributed by atoms with E-state index >= 15 is 4.39 Å². The minimum Gasteiger partial charge on any atom is -0.451 e. The smallest absolute Gasteiger partial charge is 0.256 e. The van der Waals surface area contributed by atoms with Gasteiger partial charge < -0.3 is 25.3 Å². The van der Waals surface area contributed by atoms with Gasteiger partial charge >= 0.3 is 0 Å². The molecule has 7 nitrogen and oxygen atoms in total. The van der Waals surface area contributed by atoms with Gasteiger partial charge in [0.25, 0.3) is 5.91 Å². The van der Waals surface area contributed by atoms with Gasteiger partial charge in [0.05, 0.1) is 11.1 Å². The molecule has 0 aliphatic carbocycles. The summed E-state index contributed by atoms with van der Waals surface area (Å²) in [6.07, 6.45) is 2.95. The van der Waals surface area contributed by atoms with Crippen LogP contribution >= 0.6 is 11.3 Å². The van der Waals surface area contributed by atoms with Gasteiger partial charge in [-0.3, -0.25) is 9.59 Å². The van der Waals surface area contributed by atoms with E-state index in [2.05, 4.69) is 5.32 Å². The maximum absolute atomic E-state index is 15.8. The van der Waals surface area contributed by atoms with Crippen LogP contribution in [0.25, 0.3) is 27.4 Å². The van der Waals surface area contributed by atoms with Crippen LogP contribution in [0.4, 0.5) is 10.1 Å². The molecule has 2 aliphatic heterocycles. The molecular formula is C30H25FN4O3S. The highest BCUT2D eigenvalue weighted by Crippen LogP contribution is 2.48. The Kier molecular flexibility index (Phi) is 5.64. The zero-order valence-corrected chi connectivity index (χ0v) is 21.8. The molecule has 9 heteroatoms. The summed E-state index contributed by atoms with van der Waals surface area (Å²) in [5.74, 6) is -0.281. The van der Waals surface area contributed by atoms with Gasteiger partial charge in [0.1, 0.15) is 16.8 Å². The first-order valence-corrected chi connectivity index (χ1v) is 13.8. The molecule has 3 aromatic carbocycles. The number of halogens is 1. The lowest BCUT2D eigenvalue weighted by atomic mass is 10.0. The molecule has 0 saturated carbocycles. The van der Waals surface area contributed by atoms with Crippen LogP contribution in [0.3, 0.4) is 0 Å². The molecule has 1 fully saturated rings.